The zero-order valence-electron chi connectivity index (χ0n) is 9.47. The van der Waals surface area contributed by atoms with Gasteiger partial charge in [-0.05, 0) is 31.2 Å². The van der Waals surface area contributed by atoms with Gasteiger partial charge in [0.05, 0.1) is 12.3 Å². The molecule has 1 aromatic carbocycles. The predicted octanol–water partition coefficient (Wildman–Crippen LogP) is 2.07. The number of benzene rings is 1. The molecule has 0 amide bonds. The number of nitrogen functional groups attached to an aromatic ring is 1. The summed E-state index contributed by atoms with van der Waals surface area (Å²) in [4.78, 5) is 0. The van der Waals surface area contributed by atoms with E-state index in [0.717, 1.165) is 17.0 Å². The summed E-state index contributed by atoms with van der Waals surface area (Å²) in [5.74, 6) is 0.862. The summed E-state index contributed by atoms with van der Waals surface area (Å²) in [5, 5.41) is 4.31. The van der Waals surface area contributed by atoms with Crippen LogP contribution in [0, 0.1) is 0 Å². The number of aromatic nitrogens is 2. The Hall–Kier alpha value is -1.97. The zero-order valence-corrected chi connectivity index (χ0v) is 9.47. The van der Waals surface area contributed by atoms with E-state index in [1.807, 2.05) is 38.2 Å². The van der Waals surface area contributed by atoms with Gasteiger partial charge < -0.3 is 10.5 Å². The molecule has 0 atom stereocenters. The topological polar surface area (TPSA) is 53.1 Å². The Morgan fingerprint density at radius 1 is 1.31 bits per heavy atom. The Morgan fingerprint density at radius 2 is 2.00 bits per heavy atom. The van der Waals surface area contributed by atoms with Crippen molar-refractivity contribution in [2.24, 2.45) is 7.05 Å². The van der Waals surface area contributed by atoms with E-state index in [9.17, 15) is 0 Å². The molecule has 16 heavy (non-hydrogen) atoms. The highest BCUT2D eigenvalue weighted by atomic mass is 16.5. The van der Waals surface area contributed by atoms with Crippen LogP contribution in [0.3, 0.4) is 0 Å². The standard InChI is InChI=1S/C12H15N3O/c1-3-16-10-6-4-9(5-7-10)12-11(13)8-15(2)14-12/h4-8H,3,13H2,1-2H3. The smallest absolute Gasteiger partial charge is 0.119 e. The molecule has 2 N–H and O–H groups in total. The number of hydrogen-bond acceptors (Lipinski definition) is 3. The highest BCUT2D eigenvalue weighted by Crippen LogP contribution is 2.25. The molecule has 84 valence electrons. The molecule has 0 aliphatic heterocycles. The molecule has 0 bridgehead atoms. The first-order chi connectivity index (χ1) is 7.70. The summed E-state index contributed by atoms with van der Waals surface area (Å²) >= 11 is 0. The summed E-state index contributed by atoms with van der Waals surface area (Å²) in [6.07, 6.45) is 1.80. The predicted molar refractivity (Wildman–Crippen MR) is 64.2 cm³/mol. The number of anilines is 1. The number of hydrogen-bond donors (Lipinski definition) is 1. The van der Waals surface area contributed by atoms with Gasteiger partial charge in [0.25, 0.3) is 0 Å². The minimum absolute atomic E-state index is 0.672. The Morgan fingerprint density at radius 3 is 2.50 bits per heavy atom. The van der Waals surface area contributed by atoms with Crippen molar-refractivity contribution >= 4 is 5.69 Å². The lowest BCUT2D eigenvalue weighted by Gasteiger charge is -2.03. The van der Waals surface area contributed by atoms with Crippen LogP contribution >= 0.6 is 0 Å². The van der Waals surface area contributed by atoms with Crippen molar-refractivity contribution in [1.29, 1.82) is 0 Å². The molecular formula is C12H15N3O. The second-order valence-corrected chi connectivity index (χ2v) is 3.56. The normalized spacial score (nSPS) is 10.4. The fraction of sp³-hybridized carbons (Fsp3) is 0.250. The van der Waals surface area contributed by atoms with E-state index in [2.05, 4.69) is 5.10 Å². The minimum atomic E-state index is 0.672. The van der Waals surface area contributed by atoms with Crippen LogP contribution < -0.4 is 10.5 Å². The quantitative estimate of drug-likeness (QED) is 0.856. The van der Waals surface area contributed by atoms with Crippen LogP contribution in [0.5, 0.6) is 5.75 Å². The first-order valence-corrected chi connectivity index (χ1v) is 5.23. The van der Waals surface area contributed by atoms with Crippen LogP contribution in [-0.2, 0) is 7.05 Å². The van der Waals surface area contributed by atoms with Crippen LogP contribution in [-0.4, -0.2) is 16.4 Å². The second-order valence-electron chi connectivity index (χ2n) is 3.56. The van der Waals surface area contributed by atoms with E-state index in [4.69, 9.17) is 10.5 Å². The summed E-state index contributed by atoms with van der Waals surface area (Å²) in [6.45, 7) is 2.63. The van der Waals surface area contributed by atoms with Crippen LogP contribution in [0.4, 0.5) is 5.69 Å². The summed E-state index contributed by atoms with van der Waals surface area (Å²) in [7, 11) is 1.86. The second kappa shape index (κ2) is 4.26. The van der Waals surface area contributed by atoms with Crippen LogP contribution in [0.1, 0.15) is 6.92 Å². The lowest BCUT2D eigenvalue weighted by Crippen LogP contribution is -1.92. The van der Waals surface area contributed by atoms with Crippen molar-refractivity contribution in [3.8, 4) is 17.0 Å². The van der Waals surface area contributed by atoms with Gasteiger partial charge in [0.2, 0.25) is 0 Å². The van der Waals surface area contributed by atoms with Crippen molar-refractivity contribution in [2.45, 2.75) is 6.92 Å². The van der Waals surface area contributed by atoms with Crippen LogP contribution in [0.25, 0.3) is 11.3 Å². The fourth-order valence-electron chi connectivity index (χ4n) is 1.61. The van der Waals surface area contributed by atoms with Gasteiger partial charge >= 0.3 is 0 Å². The minimum Gasteiger partial charge on any atom is -0.494 e. The van der Waals surface area contributed by atoms with Crippen molar-refractivity contribution < 1.29 is 4.74 Å². The van der Waals surface area contributed by atoms with Crippen LogP contribution in [0.2, 0.25) is 0 Å². The third kappa shape index (κ3) is 2.00. The monoisotopic (exact) mass is 217 g/mol. The molecule has 0 unspecified atom stereocenters. The summed E-state index contributed by atoms with van der Waals surface area (Å²) in [5.41, 5.74) is 8.35. The first-order valence-electron chi connectivity index (χ1n) is 5.23. The number of nitrogens with two attached hydrogens (primary N) is 1. The van der Waals surface area contributed by atoms with Gasteiger partial charge in [0, 0.05) is 18.8 Å². The van der Waals surface area contributed by atoms with Crippen molar-refractivity contribution in [3.63, 3.8) is 0 Å². The van der Waals surface area contributed by atoms with Gasteiger partial charge in [-0.2, -0.15) is 5.10 Å². The molecule has 0 spiro atoms. The molecule has 1 heterocycles. The van der Waals surface area contributed by atoms with E-state index in [1.165, 1.54) is 0 Å². The van der Waals surface area contributed by atoms with E-state index in [0.29, 0.717) is 12.3 Å². The Kier molecular flexibility index (Phi) is 2.81. The SMILES string of the molecule is CCOc1ccc(-c2nn(C)cc2N)cc1. The summed E-state index contributed by atoms with van der Waals surface area (Å²) < 4.78 is 7.08. The van der Waals surface area contributed by atoms with Crippen molar-refractivity contribution in [1.82, 2.24) is 9.78 Å². The van der Waals surface area contributed by atoms with Gasteiger partial charge in [-0.15, -0.1) is 0 Å². The Balaban J connectivity index is 2.31. The average Bonchev–Trinajstić information content (AvgIpc) is 2.59. The van der Waals surface area contributed by atoms with Gasteiger partial charge in [-0.25, -0.2) is 0 Å². The van der Waals surface area contributed by atoms with E-state index in [-0.39, 0.29) is 0 Å². The maximum Gasteiger partial charge on any atom is 0.119 e. The molecule has 1 aromatic heterocycles. The zero-order chi connectivity index (χ0) is 11.5. The highest BCUT2D eigenvalue weighted by molar-refractivity contribution is 5.72. The highest BCUT2D eigenvalue weighted by Gasteiger charge is 2.06. The van der Waals surface area contributed by atoms with Crippen LogP contribution in [0.15, 0.2) is 30.5 Å². The number of nitrogens with zero attached hydrogens (tertiary/aromatic N) is 2. The van der Waals surface area contributed by atoms with Gasteiger partial charge in [0.15, 0.2) is 0 Å². The molecule has 0 saturated heterocycles. The number of aryl methyl sites for hydroxylation is 1. The molecule has 4 heteroatoms. The van der Waals surface area contributed by atoms with E-state index >= 15 is 0 Å². The molecule has 2 aromatic rings. The summed E-state index contributed by atoms with van der Waals surface area (Å²) in [6, 6.07) is 7.77. The number of rotatable bonds is 3. The largest absolute Gasteiger partial charge is 0.494 e. The van der Waals surface area contributed by atoms with Gasteiger partial charge in [-0.3, -0.25) is 4.68 Å². The third-order valence-electron chi connectivity index (χ3n) is 2.30. The maximum atomic E-state index is 5.86. The molecule has 2 rings (SSSR count). The average molecular weight is 217 g/mol. The molecule has 4 nitrogen and oxygen atoms in total. The van der Waals surface area contributed by atoms with E-state index in [1.54, 1.807) is 10.9 Å². The lowest BCUT2D eigenvalue weighted by molar-refractivity contribution is 0.340. The first kappa shape index (κ1) is 10.5. The van der Waals surface area contributed by atoms with E-state index < -0.39 is 0 Å². The van der Waals surface area contributed by atoms with Crippen molar-refractivity contribution in [3.05, 3.63) is 30.5 Å². The fourth-order valence-corrected chi connectivity index (χ4v) is 1.61. The Bertz CT molecular complexity index is 474. The Labute approximate surface area is 94.6 Å². The van der Waals surface area contributed by atoms with Gasteiger partial charge in [0.1, 0.15) is 11.4 Å². The molecular weight excluding hydrogens is 202 g/mol. The molecule has 0 fully saturated rings. The molecule has 0 aliphatic carbocycles. The van der Waals surface area contributed by atoms with Crippen molar-refractivity contribution in [2.75, 3.05) is 12.3 Å². The maximum absolute atomic E-state index is 5.86. The molecule has 0 saturated carbocycles. The lowest BCUT2D eigenvalue weighted by atomic mass is 10.1. The molecule has 0 aliphatic rings. The number of ether oxygens (including phenoxy) is 1. The van der Waals surface area contributed by atoms with Gasteiger partial charge in [-0.1, -0.05) is 0 Å². The third-order valence-corrected chi connectivity index (χ3v) is 2.30. The molecule has 0 radical (unpaired) electrons.